The lowest BCUT2D eigenvalue weighted by Gasteiger charge is -2.11. The van der Waals surface area contributed by atoms with E-state index < -0.39 is 3.79 Å². The summed E-state index contributed by atoms with van der Waals surface area (Å²) in [6.45, 7) is 0.0572. The van der Waals surface area contributed by atoms with E-state index in [1.165, 1.54) is 0 Å². The summed E-state index contributed by atoms with van der Waals surface area (Å²) in [5.74, 6) is 0.698. The van der Waals surface area contributed by atoms with Crippen molar-refractivity contribution in [3.05, 3.63) is 30.3 Å². The van der Waals surface area contributed by atoms with Crippen LogP contribution in [-0.4, -0.2) is 10.4 Å². The Labute approximate surface area is 86.2 Å². The van der Waals surface area contributed by atoms with E-state index in [1.54, 1.807) is 12.1 Å². The van der Waals surface area contributed by atoms with Crippen LogP contribution in [0, 0.1) is 0 Å². The second kappa shape index (κ2) is 4.22. The van der Waals surface area contributed by atoms with Crippen molar-refractivity contribution in [2.24, 2.45) is 0 Å². The molecule has 4 heteroatoms. The van der Waals surface area contributed by atoms with Crippen molar-refractivity contribution < 1.29 is 4.74 Å². The Kier molecular flexibility index (Phi) is 3.51. The van der Waals surface area contributed by atoms with Crippen molar-refractivity contribution in [1.29, 1.82) is 0 Å². The summed E-state index contributed by atoms with van der Waals surface area (Å²) in [6, 6.07) is 9.20. The first-order valence-electron chi connectivity index (χ1n) is 3.32. The first-order chi connectivity index (χ1) is 5.58. The van der Waals surface area contributed by atoms with Crippen LogP contribution in [0.25, 0.3) is 0 Å². The molecular weight excluding hydrogens is 218 g/mol. The summed E-state index contributed by atoms with van der Waals surface area (Å²) in [5.41, 5.74) is 0. The van der Waals surface area contributed by atoms with Crippen LogP contribution < -0.4 is 4.74 Å². The lowest BCUT2D eigenvalue weighted by atomic mass is 10.3. The second-order valence-corrected chi connectivity index (χ2v) is 4.73. The van der Waals surface area contributed by atoms with Gasteiger partial charge in [-0.3, -0.25) is 0 Å². The predicted molar refractivity (Wildman–Crippen MR) is 52.2 cm³/mol. The summed E-state index contributed by atoms with van der Waals surface area (Å²) in [4.78, 5) is 0. The number of hydrogen-bond acceptors (Lipinski definition) is 1. The third-order valence-electron chi connectivity index (χ3n) is 1.15. The van der Waals surface area contributed by atoms with Crippen LogP contribution in [0.2, 0.25) is 0 Å². The van der Waals surface area contributed by atoms with E-state index in [0.29, 0.717) is 5.75 Å². The molecule has 12 heavy (non-hydrogen) atoms. The molecule has 0 aliphatic heterocycles. The quantitative estimate of drug-likeness (QED) is 0.701. The van der Waals surface area contributed by atoms with E-state index in [1.807, 2.05) is 18.2 Å². The Hall–Kier alpha value is -0.110. The van der Waals surface area contributed by atoms with Crippen LogP contribution in [0.15, 0.2) is 30.3 Å². The zero-order valence-corrected chi connectivity index (χ0v) is 8.40. The number of hydrogen-bond donors (Lipinski definition) is 0. The maximum atomic E-state index is 5.49. The highest BCUT2D eigenvalue weighted by Crippen LogP contribution is 2.26. The second-order valence-electron chi connectivity index (χ2n) is 2.22. The molecule has 0 heterocycles. The van der Waals surface area contributed by atoms with Crippen molar-refractivity contribution in [3.8, 4) is 5.75 Å². The lowest BCUT2D eigenvalue weighted by molar-refractivity contribution is 0.326. The Morgan fingerprint density at radius 1 is 1.08 bits per heavy atom. The van der Waals surface area contributed by atoms with Gasteiger partial charge in [-0.15, -0.1) is 0 Å². The Morgan fingerprint density at radius 3 is 2.17 bits per heavy atom. The van der Waals surface area contributed by atoms with Crippen LogP contribution >= 0.6 is 34.8 Å². The molecule has 1 rings (SSSR count). The zero-order valence-electron chi connectivity index (χ0n) is 6.14. The fourth-order valence-corrected chi connectivity index (χ4v) is 0.846. The first kappa shape index (κ1) is 9.97. The molecule has 0 fully saturated rings. The third kappa shape index (κ3) is 4.05. The van der Waals surface area contributed by atoms with Gasteiger partial charge < -0.3 is 4.74 Å². The number of rotatable bonds is 2. The molecule has 1 nitrogen and oxygen atoms in total. The van der Waals surface area contributed by atoms with Gasteiger partial charge in [0.2, 0.25) is 3.79 Å². The van der Waals surface area contributed by atoms with Crippen molar-refractivity contribution in [1.82, 2.24) is 0 Å². The summed E-state index contributed by atoms with van der Waals surface area (Å²) in [5, 5.41) is 0. The van der Waals surface area contributed by atoms with Gasteiger partial charge in [0.15, 0.2) is 0 Å². The van der Waals surface area contributed by atoms with Crippen LogP contribution in [0.3, 0.4) is 0 Å². The molecule has 0 saturated heterocycles. The molecule has 66 valence electrons. The maximum Gasteiger partial charge on any atom is 0.223 e. The molecule has 0 N–H and O–H groups in total. The van der Waals surface area contributed by atoms with Crippen molar-refractivity contribution in [2.75, 3.05) is 6.61 Å². The number of para-hydroxylation sites is 1. The highest BCUT2D eigenvalue weighted by atomic mass is 35.6. The van der Waals surface area contributed by atoms with Gasteiger partial charge in [-0.1, -0.05) is 53.0 Å². The SMILES string of the molecule is ClC(Cl)(Cl)COc1ccccc1. The first-order valence-corrected chi connectivity index (χ1v) is 4.46. The van der Waals surface area contributed by atoms with Crippen molar-refractivity contribution in [3.63, 3.8) is 0 Å². The molecule has 0 atom stereocenters. The molecule has 0 aliphatic carbocycles. The summed E-state index contributed by atoms with van der Waals surface area (Å²) >= 11 is 16.5. The molecule has 0 radical (unpaired) electrons. The predicted octanol–water partition coefficient (Wildman–Crippen LogP) is 3.44. The molecule has 0 bridgehead atoms. The van der Waals surface area contributed by atoms with E-state index in [-0.39, 0.29) is 6.61 Å². The van der Waals surface area contributed by atoms with Gasteiger partial charge in [0.05, 0.1) is 0 Å². The van der Waals surface area contributed by atoms with E-state index in [9.17, 15) is 0 Å². The molecule has 0 spiro atoms. The van der Waals surface area contributed by atoms with Gasteiger partial charge in [-0.05, 0) is 12.1 Å². The Balaban J connectivity index is 2.44. The number of alkyl halides is 3. The molecule has 1 aromatic rings. The lowest BCUT2D eigenvalue weighted by Crippen LogP contribution is -2.15. The monoisotopic (exact) mass is 224 g/mol. The Morgan fingerprint density at radius 2 is 1.67 bits per heavy atom. The van der Waals surface area contributed by atoms with Crippen molar-refractivity contribution in [2.45, 2.75) is 3.79 Å². The van der Waals surface area contributed by atoms with E-state index in [4.69, 9.17) is 39.5 Å². The van der Waals surface area contributed by atoms with E-state index in [2.05, 4.69) is 0 Å². The molecule has 1 aromatic carbocycles. The summed E-state index contributed by atoms with van der Waals surface area (Å²) in [7, 11) is 0. The maximum absolute atomic E-state index is 5.49. The smallest absolute Gasteiger partial charge is 0.223 e. The fraction of sp³-hybridized carbons (Fsp3) is 0.250. The molecule has 0 aliphatic rings. The van der Waals surface area contributed by atoms with E-state index in [0.717, 1.165) is 0 Å². The standard InChI is InChI=1S/C8H7Cl3O/c9-8(10,11)6-12-7-4-2-1-3-5-7/h1-5H,6H2. The number of ether oxygens (including phenoxy) is 1. The average Bonchev–Trinajstić information content (AvgIpc) is 2.02. The molecule has 0 unspecified atom stereocenters. The molecule has 0 saturated carbocycles. The van der Waals surface area contributed by atoms with Gasteiger partial charge >= 0.3 is 0 Å². The van der Waals surface area contributed by atoms with Crippen LogP contribution in [0.4, 0.5) is 0 Å². The zero-order chi connectivity index (χ0) is 9.03. The normalized spacial score (nSPS) is 11.2. The Bertz CT molecular complexity index is 230. The highest BCUT2D eigenvalue weighted by molar-refractivity contribution is 6.67. The van der Waals surface area contributed by atoms with Crippen LogP contribution in [0.5, 0.6) is 5.75 Å². The van der Waals surface area contributed by atoms with Gasteiger partial charge in [0.25, 0.3) is 0 Å². The summed E-state index contributed by atoms with van der Waals surface area (Å²) < 4.78 is 3.82. The van der Waals surface area contributed by atoms with Gasteiger partial charge in [-0.2, -0.15) is 0 Å². The number of benzene rings is 1. The minimum Gasteiger partial charge on any atom is -0.489 e. The fourth-order valence-electron chi connectivity index (χ4n) is 0.682. The number of halogens is 3. The topological polar surface area (TPSA) is 9.23 Å². The van der Waals surface area contributed by atoms with Gasteiger partial charge in [0, 0.05) is 0 Å². The highest BCUT2D eigenvalue weighted by Gasteiger charge is 2.20. The molecule has 0 amide bonds. The molecular formula is C8H7Cl3O. The van der Waals surface area contributed by atoms with Gasteiger partial charge in [0.1, 0.15) is 12.4 Å². The van der Waals surface area contributed by atoms with Crippen LogP contribution in [-0.2, 0) is 0 Å². The van der Waals surface area contributed by atoms with E-state index >= 15 is 0 Å². The third-order valence-corrected chi connectivity index (χ3v) is 1.47. The van der Waals surface area contributed by atoms with Gasteiger partial charge in [-0.25, -0.2) is 0 Å². The van der Waals surface area contributed by atoms with Crippen LogP contribution in [0.1, 0.15) is 0 Å². The minimum atomic E-state index is -1.35. The molecule has 0 aromatic heterocycles. The summed E-state index contributed by atoms with van der Waals surface area (Å²) in [6.07, 6.45) is 0. The average molecular weight is 226 g/mol. The minimum absolute atomic E-state index is 0.0572. The largest absolute Gasteiger partial charge is 0.489 e. The van der Waals surface area contributed by atoms with Crippen molar-refractivity contribution >= 4 is 34.8 Å².